The van der Waals surface area contributed by atoms with Crippen LogP contribution in [-0.2, 0) is 0 Å². The number of nitrogens with one attached hydrogen (secondary N) is 2. The second-order valence-electron chi connectivity index (χ2n) is 1.02. The van der Waals surface area contributed by atoms with Crippen molar-refractivity contribution in [2.45, 2.75) is 0 Å². The third-order valence-electron chi connectivity index (χ3n) is 0.535. The van der Waals surface area contributed by atoms with Gasteiger partial charge in [0.15, 0.2) is 0 Å². The van der Waals surface area contributed by atoms with Crippen molar-refractivity contribution in [1.82, 2.24) is 11.0 Å². The summed E-state index contributed by atoms with van der Waals surface area (Å²) in [4.78, 5) is 9.04. The molecule has 0 aromatic carbocycles. The van der Waals surface area contributed by atoms with Gasteiger partial charge in [0.1, 0.15) is 0 Å². The van der Waals surface area contributed by atoms with Crippen LogP contribution in [0.25, 0.3) is 0 Å². The van der Waals surface area contributed by atoms with Crippen molar-refractivity contribution in [3.63, 3.8) is 0 Å². The second-order valence-corrected chi connectivity index (χ2v) is 1.02. The molecule has 1 radical (unpaired) electrons. The van der Waals surface area contributed by atoms with Crippen molar-refractivity contribution in [1.29, 1.82) is 0 Å². The lowest BCUT2D eigenvalue weighted by molar-refractivity contribution is -0.471. The summed E-state index contributed by atoms with van der Waals surface area (Å²) >= 11 is 0. The highest BCUT2D eigenvalue weighted by Gasteiger charge is 2.26. The zero-order chi connectivity index (χ0) is 5.98. The van der Waals surface area contributed by atoms with E-state index in [1.165, 1.54) is 0 Å². The van der Waals surface area contributed by atoms with Gasteiger partial charge in [-0.3, -0.25) is 10.1 Å². The molecule has 1 heterocycles. The van der Waals surface area contributed by atoms with Crippen LogP contribution in [0.4, 0.5) is 0 Å². The standard InChI is InChI=1S/CH2N5O2/c7-6(8)1-2-4-5-3-1/h(H,2,5)(H,3,4). The fraction of sp³-hybridized carbons (Fsp3) is 0. The molecule has 0 atom stereocenters. The molecule has 0 aromatic rings. The number of nitro groups is 1. The van der Waals surface area contributed by atoms with Gasteiger partial charge in [-0.05, 0) is 0 Å². The minimum Gasteiger partial charge on any atom is -0.260 e. The molecule has 1 rings (SSSR count). The summed E-state index contributed by atoms with van der Waals surface area (Å²) in [6.07, 6.45) is -0.384. The summed E-state index contributed by atoms with van der Waals surface area (Å²) < 4.78 is 0. The SMILES string of the molecule is O=[N+]([O-])[C]1N=NNN1. The van der Waals surface area contributed by atoms with Gasteiger partial charge in [0.2, 0.25) is 0 Å². The van der Waals surface area contributed by atoms with Gasteiger partial charge in [0, 0.05) is 0 Å². The molecule has 0 unspecified atom stereocenters. The Kier molecular flexibility index (Phi) is 1.04. The lowest BCUT2D eigenvalue weighted by Crippen LogP contribution is -2.28. The van der Waals surface area contributed by atoms with Crippen LogP contribution >= 0.6 is 0 Å². The highest BCUT2D eigenvalue weighted by Crippen LogP contribution is 1.99. The molecule has 0 amide bonds. The summed E-state index contributed by atoms with van der Waals surface area (Å²) in [6, 6.07) is 0. The van der Waals surface area contributed by atoms with Crippen molar-refractivity contribution in [3.05, 3.63) is 16.4 Å². The minimum absolute atomic E-state index is 0.384. The fourth-order valence-electron chi connectivity index (χ4n) is 0.255. The fourth-order valence-corrected chi connectivity index (χ4v) is 0.255. The Morgan fingerprint density at radius 3 is 2.75 bits per heavy atom. The van der Waals surface area contributed by atoms with Gasteiger partial charge in [0.05, 0.1) is 4.92 Å². The summed E-state index contributed by atoms with van der Waals surface area (Å²) in [6.45, 7) is 0. The molecule has 43 valence electrons. The molecule has 8 heavy (non-hydrogen) atoms. The monoisotopic (exact) mass is 116 g/mol. The lowest BCUT2D eigenvalue weighted by Gasteiger charge is -1.88. The Hall–Kier alpha value is -1.24. The van der Waals surface area contributed by atoms with E-state index in [9.17, 15) is 10.1 Å². The average Bonchev–Trinajstić information content (AvgIpc) is 2.12. The molecule has 7 heteroatoms. The quantitative estimate of drug-likeness (QED) is 0.346. The summed E-state index contributed by atoms with van der Waals surface area (Å²) in [5.74, 6) is 0. The van der Waals surface area contributed by atoms with Crippen LogP contribution < -0.4 is 11.0 Å². The zero-order valence-corrected chi connectivity index (χ0v) is 3.66. The number of hydrogen-bond donors (Lipinski definition) is 2. The first-order valence-electron chi connectivity index (χ1n) is 1.74. The molecule has 0 aromatic heterocycles. The molecule has 1 aliphatic heterocycles. The minimum atomic E-state index is -0.677. The van der Waals surface area contributed by atoms with Crippen molar-refractivity contribution in [2.24, 2.45) is 10.3 Å². The molecule has 0 saturated carbocycles. The Bertz CT molecular complexity index is 130. The van der Waals surface area contributed by atoms with E-state index in [4.69, 9.17) is 0 Å². The van der Waals surface area contributed by atoms with Gasteiger partial charge >= 0.3 is 6.29 Å². The van der Waals surface area contributed by atoms with Gasteiger partial charge in [-0.25, -0.2) is 5.53 Å². The Labute approximate surface area is 43.9 Å². The highest BCUT2D eigenvalue weighted by atomic mass is 16.6. The molecule has 0 saturated heterocycles. The van der Waals surface area contributed by atoms with E-state index in [2.05, 4.69) is 21.3 Å². The Balaban J connectivity index is 2.48. The predicted molar refractivity (Wildman–Crippen MR) is 21.4 cm³/mol. The van der Waals surface area contributed by atoms with Crippen LogP contribution in [0, 0.1) is 16.4 Å². The maximum atomic E-state index is 9.71. The van der Waals surface area contributed by atoms with Crippen LogP contribution in [0.15, 0.2) is 10.3 Å². The van der Waals surface area contributed by atoms with Gasteiger partial charge in [-0.2, -0.15) is 0 Å². The van der Waals surface area contributed by atoms with E-state index in [1.54, 1.807) is 0 Å². The van der Waals surface area contributed by atoms with Gasteiger partial charge in [-0.15, -0.1) is 5.43 Å². The van der Waals surface area contributed by atoms with Crippen LogP contribution in [0.3, 0.4) is 0 Å². The lowest BCUT2D eigenvalue weighted by atomic mass is 11.0. The first kappa shape index (κ1) is 4.91. The van der Waals surface area contributed by atoms with Crippen LogP contribution in [-0.4, -0.2) is 4.92 Å². The molecule has 0 fully saturated rings. The van der Waals surface area contributed by atoms with E-state index in [1.807, 2.05) is 0 Å². The smallest absolute Gasteiger partial charge is 0.260 e. The van der Waals surface area contributed by atoms with Crippen molar-refractivity contribution < 1.29 is 4.92 Å². The predicted octanol–water partition coefficient (Wildman–Crippen LogP) is -0.815. The normalized spacial score (nSPS) is 18.5. The van der Waals surface area contributed by atoms with Crippen LogP contribution in [0.5, 0.6) is 0 Å². The van der Waals surface area contributed by atoms with Gasteiger partial charge in [-0.1, -0.05) is 10.3 Å². The van der Waals surface area contributed by atoms with Crippen molar-refractivity contribution in [2.75, 3.05) is 0 Å². The second kappa shape index (κ2) is 1.70. The van der Waals surface area contributed by atoms with E-state index >= 15 is 0 Å². The number of rotatable bonds is 1. The van der Waals surface area contributed by atoms with E-state index in [0.29, 0.717) is 0 Å². The van der Waals surface area contributed by atoms with Crippen molar-refractivity contribution in [3.8, 4) is 0 Å². The van der Waals surface area contributed by atoms with E-state index in [0.717, 1.165) is 0 Å². The molecule has 7 nitrogen and oxygen atoms in total. The molecular weight excluding hydrogens is 114 g/mol. The molecule has 0 spiro atoms. The molecule has 2 N–H and O–H groups in total. The Morgan fingerprint density at radius 1 is 1.75 bits per heavy atom. The topological polar surface area (TPSA) is 91.9 Å². The largest absolute Gasteiger partial charge is 0.519 e. The van der Waals surface area contributed by atoms with E-state index in [-0.39, 0.29) is 6.29 Å². The third kappa shape index (κ3) is 0.706. The molecule has 0 bridgehead atoms. The average molecular weight is 116 g/mol. The van der Waals surface area contributed by atoms with E-state index < -0.39 is 4.92 Å². The van der Waals surface area contributed by atoms with Gasteiger partial charge < -0.3 is 0 Å². The van der Waals surface area contributed by atoms with Crippen LogP contribution in [0.2, 0.25) is 0 Å². The number of nitrogens with zero attached hydrogens (tertiary/aromatic N) is 3. The first-order valence-corrected chi connectivity index (χ1v) is 1.74. The number of hydrogen-bond acceptors (Lipinski definition) is 6. The molecule has 1 aliphatic rings. The maximum Gasteiger partial charge on any atom is 0.519 e. The number of hydrazine groups is 1. The summed E-state index contributed by atoms with van der Waals surface area (Å²) in [7, 11) is 0. The molecular formula is CH2N5O2. The maximum absolute atomic E-state index is 9.71. The Morgan fingerprint density at radius 2 is 2.50 bits per heavy atom. The summed E-state index contributed by atoms with van der Waals surface area (Å²) in [5, 5.41) is 15.8. The zero-order valence-electron chi connectivity index (χ0n) is 3.66. The molecule has 0 aliphatic carbocycles. The van der Waals surface area contributed by atoms with Gasteiger partial charge in [0.25, 0.3) is 0 Å². The first-order chi connectivity index (χ1) is 3.80. The van der Waals surface area contributed by atoms with Crippen LogP contribution in [0.1, 0.15) is 0 Å². The third-order valence-corrected chi connectivity index (χ3v) is 0.535. The highest BCUT2D eigenvalue weighted by molar-refractivity contribution is 4.66. The summed E-state index contributed by atoms with van der Waals surface area (Å²) in [5.41, 5.74) is 4.17. The van der Waals surface area contributed by atoms with Crippen molar-refractivity contribution >= 4 is 0 Å².